The van der Waals surface area contributed by atoms with E-state index in [1.165, 1.54) is 18.3 Å². The summed E-state index contributed by atoms with van der Waals surface area (Å²) in [5.41, 5.74) is 1.29. The van der Waals surface area contributed by atoms with Gasteiger partial charge in [-0.2, -0.15) is 0 Å². The van der Waals surface area contributed by atoms with Crippen molar-refractivity contribution in [2.45, 2.75) is 19.9 Å². The quantitative estimate of drug-likeness (QED) is 0.291. The van der Waals surface area contributed by atoms with E-state index in [0.717, 1.165) is 13.1 Å². The molecule has 0 unspecified atom stereocenters. The van der Waals surface area contributed by atoms with Crippen molar-refractivity contribution in [3.63, 3.8) is 0 Å². The smallest absolute Gasteiger partial charge is 0.354 e. The Morgan fingerprint density at radius 2 is 1.97 bits per heavy atom. The summed E-state index contributed by atoms with van der Waals surface area (Å²) in [6.45, 7) is 6.88. The Balaban J connectivity index is 1.75. The van der Waals surface area contributed by atoms with E-state index < -0.39 is 23.7 Å². The van der Waals surface area contributed by atoms with Crippen molar-refractivity contribution in [2.75, 3.05) is 46.5 Å². The summed E-state index contributed by atoms with van der Waals surface area (Å²) >= 11 is 0. The van der Waals surface area contributed by atoms with Crippen molar-refractivity contribution in [3.05, 3.63) is 52.2 Å². The molecule has 1 atom stereocenters. The van der Waals surface area contributed by atoms with E-state index in [2.05, 4.69) is 9.88 Å². The molecule has 10 heteroatoms. The number of likely N-dealkylation sites (tertiary alicyclic amines) is 1. The number of H-pyrrole nitrogens is 1. The number of Topliss-reactive ketones (excluding diaryl/α,β-unsaturated/α-hetero) is 1. The SMILES string of the molecule is COC(=O)c1[nH]c(C)c(C(O)=C2C(=O)C(=O)N(CCN3CCOCC3)[C@H]2c2ccco2)c1C. The van der Waals surface area contributed by atoms with Crippen LogP contribution in [0, 0.1) is 13.8 Å². The van der Waals surface area contributed by atoms with Crippen LogP contribution in [0.5, 0.6) is 0 Å². The summed E-state index contributed by atoms with van der Waals surface area (Å²) in [4.78, 5) is 44.7. The Hall–Kier alpha value is -3.37. The number of esters is 1. The molecular weight excluding hydrogens is 430 g/mol. The number of nitrogens with zero attached hydrogens (tertiary/aromatic N) is 2. The van der Waals surface area contributed by atoms with Crippen LogP contribution in [0.2, 0.25) is 0 Å². The number of ketones is 1. The maximum absolute atomic E-state index is 13.1. The lowest BCUT2D eigenvalue weighted by Gasteiger charge is -2.30. The van der Waals surface area contributed by atoms with Gasteiger partial charge in [-0.15, -0.1) is 0 Å². The molecule has 2 fully saturated rings. The van der Waals surface area contributed by atoms with Crippen LogP contribution in [0.3, 0.4) is 0 Å². The monoisotopic (exact) mass is 457 g/mol. The Morgan fingerprint density at radius 3 is 2.61 bits per heavy atom. The average Bonchev–Trinajstić information content (AvgIpc) is 3.51. The lowest BCUT2D eigenvalue weighted by molar-refractivity contribution is -0.140. The largest absolute Gasteiger partial charge is 0.507 e. The molecule has 0 radical (unpaired) electrons. The summed E-state index contributed by atoms with van der Waals surface area (Å²) < 4.78 is 15.7. The fourth-order valence-corrected chi connectivity index (χ4v) is 4.47. The molecule has 4 rings (SSSR count). The molecule has 2 aromatic rings. The number of methoxy groups -OCH3 is 1. The summed E-state index contributed by atoms with van der Waals surface area (Å²) in [6, 6.07) is 2.46. The molecule has 1 amide bonds. The first kappa shape index (κ1) is 22.8. The molecule has 2 aliphatic heterocycles. The molecule has 2 aromatic heterocycles. The van der Waals surface area contributed by atoms with Crippen LogP contribution in [-0.2, 0) is 19.1 Å². The van der Waals surface area contributed by atoms with Gasteiger partial charge in [0.1, 0.15) is 23.3 Å². The summed E-state index contributed by atoms with van der Waals surface area (Å²) in [5, 5.41) is 11.3. The van der Waals surface area contributed by atoms with Gasteiger partial charge in [-0.1, -0.05) is 0 Å². The normalized spacial score (nSPS) is 21.1. The molecule has 0 bridgehead atoms. The van der Waals surface area contributed by atoms with Crippen molar-refractivity contribution in [1.82, 2.24) is 14.8 Å². The molecule has 0 spiro atoms. The molecule has 0 aromatic carbocycles. The second-order valence-electron chi connectivity index (χ2n) is 8.08. The number of amides is 1. The minimum atomic E-state index is -0.878. The number of morpholine rings is 1. The summed E-state index contributed by atoms with van der Waals surface area (Å²) in [7, 11) is 1.26. The number of aromatic amines is 1. The molecule has 0 aliphatic carbocycles. The van der Waals surface area contributed by atoms with Gasteiger partial charge in [0.05, 0.1) is 32.2 Å². The number of ether oxygens (including phenoxy) is 2. The highest BCUT2D eigenvalue weighted by Gasteiger charge is 2.47. The lowest BCUT2D eigenvalue weighted by atomic mass is 9.97. The van der Waals surface area contributed by atoms with Crippen LogP contribution in [0.1, 0.15) is 39.1 Å². The third-order valence-corrected chi connectivity index (χ3v) is 6.18. The zero-order valence-corrected chi connectivity index (χ0v) is 18.8. The predicted molar refractivity (Wildman–Crippen MR) is 117 cm³/mol. The second-order valence-corrected chi connectivity index (χ2v) is 8.08. The van der Waals surface area contributed by atoms with E-state index in [1.54, 1.807) is 26.0 Å². The number of carbonyl (C=O) groups is 3. The van der Waals surface area contributed by atoms with Crippen LogP contribution in [-0.4, -0.2) is 84.1 Å². The van der Waals surface area contributed by atoms with Crippen molar-refractivity contribution < 1.29 is 33.4 Å². The number of nitrogens with one attached hydrogen (secondary N) is 1. The highest BCUT2D eigenvalue weighted by Crippen LogP contribution is 2.40. The maximum Gasteiger partial charge on any atom is 0.354 e. The van der Waals surface area contributed by atoms with Gasteiger partial charge >= 0.3 is 5.97 Å². The zero-order chi connectivity index (χ0) is 23.7. The molecule has 10 nitrogen and oxygen atoms in total. The first-order chi connectivity index (χ1) is 15.8. The molecule has 0 saturated carbocycles. The number of hydrogen-bond donors (Lipinski definition) is 2. The van der Waals surface area contributed by atoms with Crippen molar-refractivity contribution in [1.29, 1.82) is 0 Å². The van der Waals surface area contributed by atoms with Crippen LogP contribution in [0.25, 0.3) is 5.76 Å². The van der Waals surface area contributed by atoms with Gasteiger partial charge in [0.2, 0.25) is 0 Å². The molecule has 2 saturated heterocycles. The molecule has 176 valence electrons. The topological polar surface area (TPSA) is 125 Å². The summed E-state index contributed by atoms with van der Waals surface area (Å²) in [5.74, 6) is -2.08. The van der Waals surface area contributed by atoms with Gasteiger partial charge in [0.15, 0.2) is 0 Å². The van der Waals surface area contributed by atoms with E-state index in [9.17, 15) is 19.5 Å². The zero-order valence-electron chi connectivity index (χ0n) is 18.8. The van der Waals surface area contributed by atoms with Crippen LogP contribution in [0.15, 0.2) is 28.4 Å². The maximum atomic E-state index is 13.1. The first-order valence-corrected chi connectivity index (χ1v) is 10.7. The fourth-order valence-electron chi connectivity index (χ4n) is 4.47. The standard InChI is InChI=1S/C23H27N3O7/c1-13-16(14(2)24-18(13)23(30)31-3)20(27)17-19(15-5-4-10-33-15)26(22(29)21(17)28)7-6-25-8-11-32-12-9-25/h4-5,10,19,24,27H,6-9,11-12H2,1-3H3/t19-/m0/s1. The Morgan fingerprint density at radius 1 is 1.24 bits per heavy atom. The molecule has 4 heterocycles. The molecule has 2 aliphatic rings. The van der Waals surface area contributed by atoms with E-state index >= 15 is 0 Å². The Bertz CT molecular complexity index is 1090. The minimum Gasteiger partial charge on any atom is -0.507 e. The number of hydrogen-bond acceptors (Lipinski definition) is 8. The van der Waals surface area contributed by atoms with Crippen molar-refractivity contribution in [3.8, 4) is 0 Å². The average molecular weight is 457 g/mol. The Kier molecular flexibility index (Phi) is 6.39. The summed E-state index contributed by atoms with van der Waals surface area (Å²) in [6.07, 6.45) is 1.46. The van der Waals surface area contributed by atoms with Gasteiger partial charge in [-0.3, -0.25) is 14.5 Å². The van der Waals surface area contributed by atoms with E-state index in [0.29, 0.717) is 36.8 Å². The second kappa shape index (κ2) is 9.24. The van der Waals surface area contributed by atoms with Gasteiger partial charge in [0, 0.05) is 37.4 Å². The van der Waals surface area contributed by atoms with E-state index in [4.69, 9.17) is 13.9 Å². The third kappa shape index (κ3) is 4.07. The number of aromatic nitrogens is 1. The number of carbonyl (C=O) groups excluding carboxylic acids is 3. The van der Waals surface area contributed by atoms with Gasteiger partial charge < -0.3 is 28.9 Å². The number of rotatable bonds is 6. The van der Waals surface area contributed by atoms with Crippen LogP contribution >= 0.6 is 0 Å². The van der Waals surface area contributed by atoms with Crippen molar-refractivity contribution in [2.24, 2.45) is 0 Å². The first-order valence-electron chi connectivity index (χ1n) is 10.7. The van der Waals surface area contributed by atoms with Crippen LogP contribution < -0.4 is 0 Å². The Labute approximate surface area is 190 Å². The molecule has 33 heavy (non-hydrogen) atoms. The fraction of sp³-hybridized carbons (Fsp3) is 0.435. The van der Waals surface area contributed by atoms with Gasteiger partial charge in [-0.25, -0.2) is 4.79 Å². The van der Waals surface area contributed by atoms with Gasteiger partial charge in [0.25, 0.3) is 11.7 Å². The lowest BCUT2D eigenvalue weighted by Crippen LogP contribution is -2.42. The number of aryl methyl sites for hydroxylation is 1. The van der Waals surface area contributed by atoms with E-state index in [-0.39, 0.29) is 29.1 Å². The number of aliphatic hydroxyl groups is 1. The third-order valence-electron chi connectivity index (χ3n) is 6.18. The van der Waals surface area contributed by atoms with Gasteiger partial charge in [-0.05, 0) is 31.5 Å². The molecular formula is C23H27N3O7. The van der Waals surface area contributed by atoms with Crippen molar-refractivity contribution >= 4 is 23.4 Å². The van der Waals surface area contributed by atoms with Crippen LogP contribution in [0.4, 0.5) is 0 Å². The van der Waals surface area contributed by atoms with E-state index in [1.807, 2.05) is 0 Å². The highest BCUT2D eigenvalue weighted by atomic mass is 16.5. The molecule has 2 N–H and O–H groups in total. The number of furan rings is 1. The highest BCUT2D eigenvalue weighted by molar-refractivity contribution is 6.46. The minimum absolute atomic E-state index is 0.0708. The number of aliphatic hydroxyl groups excluding tert-OH is 1. The predicted octanol–water partition coefficient (Wildman–Crippen LogP) is 1.77.